The fourth-order valence-electron chi connectivity index (χ4n) is 2.28. The van der Waals surface area contributed by atoms with Crippen molar-refractivity contribution in [2.45, 2.75) is 24.9 Å². The largest absolute Gasteiger partial charge is 0.390 e. The van der Waals surface area contributed by atoms with E-state index in [1.54, 1.807) is 4.57 Å². The molecule has 0 saturated carbocycles. The number of nitrogens with one attached hydrogen (secondary N) is 1. The Morgan fingerprint density at radius 3 is 3.25 bits per heavy atom. The topological polar surface area (TPSA) is 128 Å². The van der Waals surface area contributed by atoms with E-state index in [4.69, 9.17) is 15.0 Å². The van der Waals surface area contributed by atoms with Crippen molar-refractivity contribution in [3.8, 4) is 0 Å². The number of fused-ring (bicyclic) bond motifs is 1. The van der Waals surface area contributed by atoms with E-state index in [-0.39, 0.29) is 18.1 Å². The summed E-state index contributed by atoms with van der Waals surface area (Å²) < 4.78 is 12.2. The third kappa shape index (κ3) is 2.18. The Hall–Kier alpha value is -1.54. The number of hydrogen-bond acceptors (Lipinski definition) is 7. The molecule has 0 bridgehead atoms. The SMILES string of the molecule is Nc1nc2c(ncn2[C@H]2C[C@@H](O)[C@@H](COP)O2)c(=O)[nH]1. The number of rotatable bonds is 3. The summed E-state index contributed by atoms with van der Waals surface area (Å²) in [5.74, 6) is 0.00707. The molecular formula is C10H14N5O4P. The minimum Gasteiger partial charge on any atom is -0.390 e. The maximum Gasteiger partial charge on any atom is 0.280 e. The first-order valence-electron chi connectivity index (χ1n) is 5.97. The highest BCUT2D eigenvalue weighted by molar-refractivity contribution is 7.09. The summed E-state index contributed by atoms with van der Waals surface area (Å²) in [6, 6.07) is 0. The molecule has 4 N–H and O–H groups in total. The van der Waals surface area contributed by atoms with E-state index in [1.807, 2.05) is 0 Å². The molecule has 1 aliphatic heterocycles. The zero-order valence-corrected chi connectivity index (χ0v) is 11.5. The van der Waals surface area contributed by atoms with Gasteiger partial charge in [-0.1, -0.05) is 0 Å². The van der Waals surface area contributed by atoms with Gasteiger partial charge in [0.05, 0.1) is 19.0 Å². The summed E-state index contributed by atoms with van der Waals surface area (Å²) in [7, 11) is 2.11. The van der Waals surface area contributed by atoms with Crippen molar-refractivity contribution in [1.29, 1.82) is 0 Å². The van der Waals surface area contributed by atoms with E-state index in [0.717, 1.165) is 0 Å². The summed E-state index contributed by atoms with van der Waals surface area (Å²) in [4.78, 5) is 22.1. The molecule has 0 aliphatic carbocycles. The molecule has 20 heavy (non-hydrogen) atoms. The molecule has 4 atom stereocenters. The van der Waals surface area contributed by atoms with Gasteiger partial charge in [0.25, 0.3) is 5.56 Å². The number of aliphatic hydroxyl groups excluding tert-OH is 1. The minimum atomic E-state index is -0.655. The van der Waals surface area contributed by atoms with Crippen LogP contribution in [0.2, 0.25) is 0 Å². The number of nitrogen functional groups attached to an aromatic ring is 1. The molecule has 10 heteroatoms. The van der Waals surface area contributed by atoms with Crippen molar-refractivity contribution in [2.75, 3.05) is 12.3 Å². The molecule has 2 aromatic heterocycles. The lowest BCUT2D eigenvalue weighted by molar-refractivity contribution is -0.0353. The van der Waals surface area contributed by atoms with Crippen LogP contribution >= 0.6 is 9.47 Å². The van der Waals surface area contributed by atoms with Crippen LogP contribution in [0.25, 0.3) is 11.2 Å². The second-order valence-corrected chi connectivity index (χ2v) is 4.87. The van der Waals surface area contributed by atoms with Gasteiger partial charge in [0.15, 0.2) is 11.2 Å². The number of nitrogens with two attached hydrogens (primary N) is 1. The molecule has 3 rings (SSSR count). The highest BCUT2D eigenvalue weighted by Gasteiger charge is 2.35. The molecule has 2 aromatic rings. The normalized spacial score (nSPS) is 26.4. The van der Waals surface area contributed by atoms with Gasteiger partial charge in [0.2, 0.25) is 5.95 Å². The highest BCUT2D eigenvalue weighted by atomic mass is 31.0. The quantitative estimate of drug-likeness (QED) is 0.630. The predicted octanol–water partition coefficient (Wildman–Crippen LogP) is -0.843. The molecule has 0 spiro atoms. The van der Waals surface area contributed by atoms with E-state index >= 15 is 0 Å². The van der Waals surface area contributed by atoms with Crippen molar-refractivity contribution in [1.82, 2.24) is 19.5 Å². The molecular weight excluding hydrogens is 285 g/mol. The van der Waals surface area contributed by atoms with Crippen LogP contribution in [0.5, 0.6) is 0 Å². The van der Waals surface area contributed by atoms with Gasteiger partial charge in [-0.2, -0.15) is 4.98 Å². The third-order valence-electron chi connectivity index (χ3n) is 3.23. The van der Waals surface area contributed by atoms with Crippen LogP contribution in [0.3, 0.4) is 0 Å². The van der Waals surface area contributed by atoms with Crippen molar-refractivity contribution in [3.05, 3.63) is 16.7 Å². The fraction of sp³-hybridized carbons (Fsp3) is 0.500. The fourth-order valence-corrected chi connectivity index (χ4v) is 2.47. The van der Waals surface area contributed by atoms with Crippen LogP contribution < -0.4 is 11.3 Å². The smallest absolute Gasteiger partial charge is 0.280 e. The number of anilines is 1. The maximum absolute atomic E-state index is 11.7. The van der Waals surface area contributed by atoms with E-state index in [9.17, 15) is 9.90 Å². The predicted molar refractivity (Wildman–Crippen MR) is 72.8 cm³/mol. The Morgan fingerprint density at radius 2 is 2.50 bits per heavy atom. The number of aromatic amines is 1. The number of hydrogen-bond donors (Lipinski definition) is 3. The van der Waals surface area contributed by atoms with Gasteiger partial charge in [-0.05, 0) is 0 Å². The highest BCUT2D eigenvalue weighted by Crippen LogP contribution is 2.30. The summed E-state index contributed by atoms with van der Waals surface area (Å²) in [6.07, 6.45) is 0.257. The van der Waals surface area contributed by atoms with Crippen molar-refractivity contribution >= 4 is 26.6 Å². The first-order valence-corrected chi connectivity index (χ1v) is 6.45. The van der Waals surface area contributed by atoms with Gasteiger partial charge in [0, 0.05) is 15.9 Å². The molecule has 0 radical (unpaired) electrons. The lowest BCUT2D eigenvalue weighted by Gasteiger charge is -2.14. The Kier molecular flexibility index (Phi) is 3.43. The van der Waals surface area contributed by atoms with Gasteiger partial charge >= 0.3 is 0 Å². The van der Waals surface area contributed by atoms with Gasteiger partial charge < -0.3 is 20.1 Å². The summed E-state index contributed by atoms with van der Waals surface area (Å²) in [5.41, 5.74) is 5.64. The molecule has 108 valence electrons. The second kappa shape index (κ2) is 5.10. The van der Waals surface area contributed by atoms with E-state index in [0.29, 0.717) is 12.1 Å². The van der Waals surface area contributed by atoms with Gasteiger partial charge in [-0.3, -0.25) is 14.3 Å². The molecule has 1 aliphatic rings. The molecule has 1 fully saturated rings. The first kappa shape index (κ1) is 13.4. The molecule has 0 amide bonds. The van der Waals surface area contributed by atoms with E-state index in [1.165, 1.54) is 6.33 Å². The van der Waals surface area contributed by atoms with Crippen molar-refractivity contribution < 1.29 is 14.4 Å². The van der Waals surface area contributed by atoms with Crippen LogP contribution in [-0.2, 0) is 9.26 Å². The summed E-state index contributed by atoms with van der Waals surface area (Å²) in [6.45, 7) is 0.255. The van der Waals surface area contributed by atoms with Crippen LogP contribution in [0, 0.1) is 0 Å². The minimum absolute atomic E-state index is 0.00707. The summed E-state index contributed by atoms with van der Waals surface area (Å²) >= 11 is 0. The van der Waals surface area contributed by atoms with Crippen LogP contribution in [0.1, 0.15) is 12.6 Å². The standard InChI is InChI=1S/C10H14N5O4P/c11-10-13-8-7(9(17)14-10)12-3-15(8)6-1-4(16)5(19-6)2-18-20/h3-6,16H,1-2,20H2,(H3,11,13,14,17)/t4-,5-,6-/m1/s1. The van der Waals surface area contributed by atoms with Crippen LogP contribution in [0.4, 0.5) is 5.95 Å². The van der Waals surface area contributed by atoms with Crippen LogP contribution in [-0.4, -0.2) is 43.4 Å². The Bertz CT molecular complexity index is 686. The lowest BCUT2D eigenvalue weighted by atomic mass is 10.2. The van der Waals surface area contributed by atoms with E-state index < -0.39 is 24.0 Å². The second-order valence-electron chi connectivity index (χ2n) is 4.54. The summed E-state index contributed by atoms with van der Waals surface area (Å²) in [5, 5.41) is 9.91. The number of aliphatic hydroxyl groups is 1. The van der Waals surface area contributed by atoms with E-state index in [2.05, 4.69) is 24.4 Å². The van der Waals surface area contributed by atoms with Crippen molar-refractivity contribution in [3.63, 3.8) is 0 Å². The number of imidazole rings is 1. The third-order valence-corrected chi connectivity index (χ3v) is 3.42. The zero-order chi connectivity index (χ0) is 14.3. The number of H-pyrrole nitrogens is 1. The maximum atomic E-state index is 11.7. The van der Waals surface area contributed by atoms with Gasteiger partial charge in [-0.15, -0.1) is 0 Å². The number of nitrogens with zero attached hydrogens (tertiary/aromatic N) is 3. The molecule has 1 unspecified atom stereocenters. The Balaban J connectivity index is 1.98. The number of aromatic nitrogens is 4. The lowest BCUT2D eigenvalue weighted by Crippen LogP contribution is -2.24. The van der Waals surface area contributed by atoms with Crippen LogP contribution in [0.15, 0.2) is 11.1 Å². The Labute approximate surface area is 115 Å². The average Bonchev–Trinajstić information content (AvgIpc) is 2.94. The molecule has 1 saturated heterocycles. The molecule has 3 heterocycles. The zero-order valence-electron chi connectivity index (χ0n) is 10.4. The molecule has 9 nitrogen and oxygen atoms in total. The number of ether oxygens (including phenoxy) is 1. The van der Waals surface area contributed by atoms with Gasteiger partial charge in [-0.25, -0.2) is 4.98 Å². The average molecular weight is 299 g/mol. The molecule has 0 aromatic carbocycles. The van der Waals surface area contributed by atoms with Gasteiger partial charge in [0.1, 0.15) is 12.3 Å². The van der Waals surface area contributed by atoms with Crippen molar-refractivity contribution in [2.24, 2.45) is 0 Å². The monoisotopic (exact) mass is 299 g/mol. The first-order chi connectivity index (χ1) is 9.60. The Morgan fingerprint density at radius 1 is 1.70 bits per heavy atom.